The molecule has 1 amide bonds. The molecule has 3 aromatic rings. The Kier molecular flexibility index (Phi) is 6.13. The largest absolute Gasteiger partial charge is 0.349 e. The van der Waals surface area contributed by atoms with Crippen LogP contribution in [0.3, 0.4) is 0 Å². The monoisotopic (exact) mass is 384 g/mol. The summed E-state index contributed by atoms with van der Waals surface area (Å²) >= 11 is 1.56. The summed E-state index contributed by atoms with van der Waals surface area (Å²) in [6.07, 6.45) is 3.15. The number of hydrogen-bond donors (Lipinski definition) is 0. The Morgan fingerprint density at radius 1 is 1.15 bits per heavy atom. The van der Waals surface area contributed by atoms with Gasteiger partial charge >= 0.3 is 0 Å². The molecule has 3 rings (SSSR count). The molecule has 0 atom stereocenters. The fourth-order valence-corrected chi connectivity index (χ4v) is 3.66. The van der Waals surface area contributed by atoms with Crippen molar-refractivity contribution in [2.24, 2.45) is 0 Å². The van der Waals surface area contributed by atoms with Crippen molar-refractivity contribution in [3.05, 3.63) is 71.2 Å². The number of aromatic nitrogens is 2. The first kappa shape index (κ1) is 19.0. The first-order valence-corrected chi connectivity index (χ1v) is 9.67. The van der Waals surface area contributed by atoms with E-state index in [4.69, 9.17) is 0 Å². The summed E-state index contributed by atoms with van der Waals surface area (Å²) in [7, 11) is 0. The highest BCUT2D eigenvalue weighted by atomic mass is 32.1. The standard InChI is InChI=1S/C20H21FN4OS/c1-3-24(4-2)20-23-17(14-27-20)13-25(18-9-7-16(21)8-10-18)19(26)15-6-5-11-22-12-15/h5-12,14H,3-4,13H2,1-2H3. The minimum absolute atomic E-state index is 0.202. The predicted octanol–water partition coefficient (Wildman–Crippen LogP) is 4.37. The van der Waals surface area contributed by atoms with E-state index in [0.717, 1.165) is 23.9 Å². The first-order chi connectivity index (χ1) is 13.1. The number of nitrogens with zero attached hydrogens (tertiary/aromatic N) is 4. The van der Waals surface area contributed by atoms with Gasteiger partial charge in [0.25, 0.3) is 5.91 Å². The van der Waals surface area contributed by atoms with Crippen molar-refractivity contribution in [3.8, 4) is 0 Å². The van der Waals surface area contributed by atoms with Crippen LogP contribution in [0.5, 0.6) is 0 Å². The van der Waals surface area contributed by atoms with Crippen molar-refractivity contribution < 1.29 is 9.18 Å². The Labute approximate surface area is 162 Å². The summed E-state index contributed by atoms with van der Waals surface area (Å²) < 4.78 is 13.3. The van der Waals surface area contributed by atoms with Gasteiger partial charge in [0.1, 0.15) is 5.82 Å². The van der Waals surface area contributed by atoms with Crippen LogP contribution in [0.1, 0.15) is 29.9 Å². The van der Waals surface area contributed by atoms with Crippen LogP contribution in [0.25, 0.3) is 0 Å². The van der Waals surface area contributed by atoms with Gasteiger partial charge in [0.2, 0.25) is 0 Å². The Bertz CT molecular complexity index is 879. The number of halogens is 1. The number of rotatable bonds is 7. The molecular formula is C20H21FN4OS. The fraction of sp³-hybridized carbons (Fsp3) is 0.250. The maximum absolute atomic E-state index is 13.3. The van der Waals surface area contributed by atoms with Crippen LogP contribution in [0, 0.1) is 5.82 Å². The molecule has 0 saturated carbocycles. The van der Waals surface area contributed by atoms with Gasteiger partial charge in [-0.1, -0.05) is 0 Å². The van der Waals surface area contributed by atoms with Crippen LogP contribution >= 0.6 is 11.3 Å². The van der Waals surface area contributed by atoms with Crippen molar-refractivity contribution in [1.29, 1.82) is 0 Å². The van der Waals surface area contributed by atoms with Crippen LogP contribution in [-0.4, -0.2) is 29.0 Å². The summed E-state index contributed by atoms with van der Waals surface area (Å²) in [6.45, 7) is 6.22. The van der Waals surface area contributed by atoms with Crippen molar-refractivity contribution in [1.82, 2.24) is 9.97 Å². The van der Waals surface area contributed by atoms with Crippen molar-refractivity contribution in [3.63, 3.8) is 0 Å². The molecule has 1 aromatic carbocycles. The number of hydrogen-bond acceptors (Lipinski definition) is 5. The van der Waals surface area contributed by atoms with E-state index in [1.54, 1.807) is 46.7 Å². The van der Waals surface area contributed by atoms with Gasteiger partial charge < -0.3 is 9.80 Å². The summed E-state index contributed by atoms with van der Waals surface area (Å²) in [5.41, 5.74) is 1.88. The van der Waals surface area contributed by atoms with E-state index in [2.05, 4.69) is 28.7 Å². The van der Waals surface area contributed by atoms with Gasteiger partial charge in [-0.15, -0.1) is 11.3 Å². The Hall–Kier alpha value is -2.80. The summed E-state index contributed by atoms with van der Waals surface area (Å²) in [5, 5.41) is 2.89. The van der Waals surface area contributed by atoms with Crippen LogP contribution in [0.2, 0.25) is 0 Å². The molecule has 0 spiro atoms. The van der Waals surface area contributed by atoms with Crippen LogP contribution < -0.4 is 9.80 Å². The van der Waals surface area contributed by atoms with Gasteiger partial charge in [0.15, 0.2) is 5.13 Å². The number of carbonyl (C=O) groups is 1. The summed E-state index contributed by atoms with van der Waals surface area (Å²) in [4.78, 5) is 25.5. The molecule has 2 heterocycles. The van der Waals surface area contributed by atoms with Gasteiger partial charge in [0, 0.05) is 36.6 Å². The maximum Gasteiger partial charge on any atom is 0.260 e. The second-order valence-corrected chi connectivity index (χ2v) is 6.74. The molecule has 0 fully saturated rings. The van der Waals surface area contributed by atoms with E-state index in [1.165, 1.54) is 18.3 Å². The molecule has 7 heteroatoms. The lowest BCUT2D eigenvalue weighted by Gasteiger charge is -2.22. The van der Waals surface area contributed by atoms with Crippen LogP contribution in [0.15, 0.2) is 54.2 Å². The zero-order valence-electron chi connectivity index (χ0n) is 15.3. The Balaban J connectivity index is 1.90. The molecule has 0 aliphatic carbocycles. The Morgan fingerprint density at radius 3 is 2.52 bits per heavy atom. The van der Waals surface area contributed by atoms with Gasteiger partial charge in [-0.3, -0.25) is 9.78 Å². The normalized spacial score (nSPS) is 10.6. The third-order valence-corrected chi connectivity index (χ3v) is 5.14. The van der Waals surface area contributed by atoms with Crippen LogP contribution in [-0.2, 0) is 6.54 Å². The minimum Gasteiger partial charge on any atom is -0.349 e. The van der Waals surface area contributed by atoms with E-state index in [-0.39, 0.29) is 11.7 Å². The number of anilines is 2. The second-order valence-electron chi connectivity index (χ2n) is 5.90. The van der Waals surface area contributed by atoms with E-state index >= 15 is 0 Å². The molecule has 27 heavy (non-hydrogen) atoms. The number of pyridine rings is 1. The molecule has 140 valence electrons. The average Bonchev–Trinajstić information content (AvgIpc) is 3.16. The number of benzene rings is 1. The van der Waals surface area contributed by atoms with Crippen molar-refractivity contribution in [2.45, 2.75) is 20.4 Å². The van der Waals surface area contributed by atoms with Crippen molar-refractivity contribution >= 4 is 28.1 Å². The molecular weight excluding hydrogens is 363 g/mol. The highest BCUT2D eigenvalue weighted by molar-refractivity contribution is 7.13. The smallest absolute Gasteiger partial charge is 0.260 e. The lowest BCUT2D eigenvalue weighted by Crippen LogP contribution is -2.30. The molecule has 5 nitrogen and oxygen atoms in total. The summed E-state index contributed by atoms with van der Waals surface area (Å²) in [6, 6.07) is 9.33. The molecule has 0 N–H and O–H groups in total. The fourth-order valence-electron chi connectivity index (χ4n) is 2.72. The molecule has 0 unspecified atom stereocenters. The molecule has 0 bridgehead atoms. The highest BCUT2D eigenvalue weighted by Gasteiger charge is 2.20. The Morgan fingerprint density at radius 2 is 1.89 bits per heavy atom. The lowest BCUT2D eigenvalue weighted by molar-refractivity contribution is 0.0984. The van der Waals surface area contributed by atoms with E-state index in [0.29, 0.717) is 17.8 Å². The molecule has 0 radical (unpaired) electrons. The van der Waals surface area contributed by atoms with Gasteiger partial charge in [-0.25, -0.2) is 9.37 Å². The number of thiazole rings is 1. The first-order valence-electron chi connectivity index (χ1n) is 8.79. The molecule has 2 aromatic heterocycles. The maximum atomic E-state index is 13.3. The minimum atomic E-state index is -0.343. The lowest BCUT2D eigenvalue weighted by atomic mass is 10.2. The topological polar surface area (TPSA) is 49.3 Å². The molecule has 0 saturated heterocycles. The number of amides is 1. The molecule has 0 aliphatic rings. The van der Waals surface area contributed by atoms with Crippen molar-refractivity contribution in [2.75, 3.05) is 22.9 Å². The zero-order valence-corrected chi connectivity index (χ0v) is 16.1. The van der Waals surface area contributed by atoms with E-state index < -0.39 is 0 Å². The highest BCUT2D eigenvalue weighted by Crippen LogP contribution is 2.24. The van der Waals surface area contributed by atoms with E-state index in [1.807, 2.05) is 5.38 Å². The third-order valence-electron chi connectivity index (χ3n) is 4.19. The SMILES string of the molecule is CCN(CC)c1nc(CN(C(=O)c2cccnc2)c2ccc(F)cc2)cs1. The second kappa shape index (κ2) is 8.73. The average molecular weight is 384 g/mol. The van der Waals surface area contributed by atoms with Gasteiger partial charge in [-0.05, 0) is 50.2 Å². The zero-order chi connectivity index (χ0) is 19.2. The number of carbonyl (C=O) groups excluding carboxylic acids is 1. The third kappa shape index (κ3) is 4.49. The van der Waals surface area contributed by atoms with Gasteiger partial charge in [0.05, 0.1) is 17.8 Å². The predicted molar refractivity (Wildman–Crippen MR) is 107 cm³/mol. The van der Waals surface area contributed by atoms with Gasteiger partial charge in [-0.2, -0.15) is 0 Å². The quantitative estimate of drug-likeness (QED) is 0.607. The molecule has 0 aliphatic heterocycles. The summed E-state index contributed by atoms with van der Waals surface area (Å²) in [5.74, 6) is -0.544. The van der Waals surface area contributed by atoms with E-state index in [9.17, 15) is 9.18 Å². The van der Waals surface area contributed by atoms with Crippen LogP contribution in [0.4, 0.5) is 15.2 Å².